The Labute approximate surface area is 295 Å². The lowest BCUT2D eigenvalue weighted by atomic mass is 9.91. The van der Waals surface area contributed by atoms with Gasteiger partial charge in [-0.2, -0.15) is 14.6 Å². The molecule has 14 heteroatoms. The molecule has 0 saturated carbocycles. The maximum atomic E-state index is 14.1. The third kappa shape index (κ3) is 7.59. The number of ether oxygens (including phenoxy) is 1. The predicted molar refractivity (Wildman–Crippen MR) is 187 cm³/mol. The van der Waals surface area contributed by atoms with Gasteiger partial charge in [-0.1, -0.05) is 18.2 Å². The van der Waals surface area contributed by atoms with Crippen LogP contribution in [0.1, 0.15) is 29.3 Å². The van der Waals surface area contributed by atoms with Crippen LogP contribution in [0.3, 0.4) is 0 Å². The van der Waals surface area contributed by atoms with E-state index in [1.807, 2.05) is 52.9 Å². The van der Waals surface area contributed by atoms with E-state index in [1.54, 1.807) is 35.3 Å². The van der Waals surface area contributed by atoms with Gasteiger partial charge in [0.2, 0.25) is 11.9 Å². The van der Waals surface area contributed by atoms with Crippen LogP contribution in [0.5, 0.6) is 0 Å². The van der Waals surface area contributed by atoms with E-state index in [2.05, 4.69) is 21.9 Å². The van der Waals surface area contributed by atoms with Crippen molar-refractivity contribution in [3.05, 3.63) is 90.0 Å². The number of likely N-dealkylation sites (N-methyl/N-ethyl adjacent to an activating group) is 1. The van der Waals surface area contributed by atoms with E-state index in [1.165, 1.54) is 12.3 Å². The molecular weight excluding hydrogens is 653 g/mol. The summed E-state index contributed by atoms with van der Waals surface area (Å²) in [5.41, 5.74) is 5.83. The molecule has 6 heterocycles. The number of halogens is 1. The minimum Gasteiger partial charge on any atom is -0.383 e. The fourth-order valence-corrected chi connectivity index (χ4v) is 6.93. The zero-order valence-electron chi connectivity index (χ0n) is 29.1. The second-order valence-corrected chi connectivity index (χ2v) is 13.3. The summed E-state index contributed by atoms with van der Waals surface area (Å²) in [4.78, 5) is 50.3. The number of hydroxylamine groups is 2. The zero-order chi connectivity index (χ0) is 35.5. The van der Waals surface area contributed by atoms with E-state index in [4.69, 9.17) is 19.7 Å². The maximum absolute atomic E-state index is 14.1. The van der Waals surface area contributed by atoms with E-state index in [0.717, 1.165) is 35.6 Å². The van der Waals surface area contributed by atoms with Crippen molar-refractivity contribution in [1.82, 2.24) is 44.2 Å². The highest BCUT2D eigenvalue weighted by Crippen LogP contribution is 2.37. The van der Waals surface area contributed by atoms with Crippen molar-refractivity contribution >= 4 is 22.9 Å². The number of ketones is 1. The summed E-state index contributed by atoms with van der Waals surface area (Å²) in [6.45, 7) is 6.77. The van der Waals surface area contributed by atoms with E-state index in [9.17, 15) is 14.0 Å². The number of amides is 1. The highest BCUT2D eigenvalue weighted by Gasteiger charge is 2.37. The van der Waals surface area contributed by atoms with Crippen molar-refractivity contribution in [2.75, 3.05) is 60.0 Å². The minimum atomic E-state index is -0.593. The fourth-order valence-electron chi connectivity index (χ4n) is 6.93. The molecule has 51 heavy (non-hydrogen) atoms. The number of nitrogens with zero attached hydrogens (tertiary/aromatic N) is 9. The first-order valence-electron chi connectivity index (χ1n) is 17.2. The third-order valence-corrected chi connectivity index (χ3v) is 9.74. The van der Waals surface area contributed by atoms with Gasteiger partial charge < -0.3 is 19.1 Å². The zero-order valence-corrected chi connectivity index (χ0v) is 29.1. The topological polar surface area (TPSA) is 124 Å². The van der Waals surface area contributed by atoms with Crippen LogP contribution < -0.4 is 0 Å². The maximum Gasteiger partial charge on any atom is 0.242 e. The first kappa shape index (κ1) is 34.6. The number of Topliss-reactive ketones (excluding diaryl/α,β-unsaturated/α-hetero) is 1. The Balaban J connectivity index is 1.14. The van der Waals surface area contributed by atoms with Crippen LogP contribution in [0.25, 0.3) is 28.1 Å². The van der Waals surface area contributed by atoms with E-state index in [-0.39, 0.29) is 37.0 Å². The minimum absolute atomic E-state index is 0.0146. The molecule has 0 unspecified atom stereocenters. The van der Waals surface area contributed by atoms with Gasteiger partial charge >= 0.3 is 0 Å². The number of rotatable bonds is 12. The Morgan fingerprint density at radius 3 is 2.61 bits per heavy atom. The second kappa shape index (κ2) is 15.2. The van der Waals surface area contributed by atoms with Crippen LogP contribution in [-0.4, -0.2) is 116 Å². The molecule has 1 aromatic carbocycles. The van der Waals surface area contributed by atoms with E-state index < -0.39 is 12.1 Å². The molecule has 5 aromatic rings. The normalized spacial score (nSPS) is 18.5. The average molecular weight is 696 g/mol. The van der Waals surface area contributed by atoms with Crippen LogP contribution in [-0.2, 0) is 32.1 Å². The predicted octanol–water partition coefficient (Wildman–Crippen LogP) is 3.65. The lowest BCUT2D eigenvalue weighted by Gasteiger charge is -2.32. The second-order valence-electron chi connectivity index (χ2n) is 13.3. The van der Waals surface area contributed by atoms with E-state index >= 15 is 0 Å². The molecule has 2 atom stereocenters. The molecule has 7 rings (SSSR count). The van der Waals surface area contributed by atoms with Gasteiger partial charge in [-0.3, -0.25) is 14.4 Å². The molecule has 2 aliphatic heterocycles. The molecule has 0 spiro atoms. The van der Waals surface area contributed by atoms with Gasteiger partial charge in [0.15, 0.2) is 5.65 Å². The van der Waals surface area contributed by atoms with Gasteiger partial charge in [0, 0.05) is 83.1 Å². The van der Waals surface area contributed by atoms with Gasteiger partial charge in [0.1, 0.15) is 23.9 Å². The summed E-state index contributed by atoms with van der Waals surface area (Å²) in [5, 5.41) is 6.80. The molecule has 1 amide bonds. The number of imidazole rings is 1. The Bertz CT molecular complexity index is 2010. The average Bonchev–Trinajstić information content (AvgIpc) is 3.83. The molecule has 0 bridgehead atoms. The summed E-state index contributed by atoms with van der Waals surface area (Å²) in [5.74, 6) is -0.731. The van der Waals surface area contributed by atoms with Crippen molar-refractivity contribution in [2.24, 2.45) is 5.92 Å². The van der Waals surface area contributed by atoms with Crippen LogP contribution in [0.2, 0.25) is 0 Å². The van der Waals surface area contributed by atoms with Crippen molar-refractivity contribution in [1.29, 1.82) is 0 Å². The monoisotopic (exact) mass is 695 g/mol. The number of carbonyl (C=O) groups excluding carboxylic acids is 2. The smallest absolute Gasteiger partial charge is 0.242 e. The number of pyridine rings is 2. The highest BCUT2D eigenvalue weighted by molar-refractivity contribution is 5.84. The molecule has 4 aromatic heterocycles. The van der Waals surface area contributed by atoms with Crippen molar-refractivity contribution in [3.63, 3.8) is 0 Å². The largest absolute Gasteiger partial charge is 0.383 e. The quantitative estimate of drug-likeness (QED) is 0.179. The number of fused-ring (bicyclic) bond motifs is 1. The number of hydrogen-bond donors (Lipinski definition) is 0. The summed E-state index contributed by atoms with van der Waals surface area (Å²) < 4.78 is 23.0. The number of aromatic nitrogens is 6. The van der Waals surface area contributed by atoms with Gasteiger partial charge in [-0.05, 0) is 55.4 Å². The highest BCUT2D eigenvalue weighted by atomic mass is 19.1. The standard InChI is InChI=1S/C37H42FN9O4/c1-25-32(20-30(48)17-28-22-46(15-16-50-3)51-36(28)26-9-10-39-33(38)19-26)47(29-7-5-4-6-8-29)42-35(25)27-18-31-37(40-21-27)45(24-41-31)23-34(49)44-13-11-43(2)12-14-44/h4-10,18-19,21,24,28,36H,11-17,20,22-23H2,1-3H3/t28-,36+/m1/s1. The number of piperazine rings is 1. The fraction of sp³-hybridized carbons (Fsp3) is 0.405. The molecule has 266 valence electrons. The SMILES string of the molecule is COCCN1C[C@@H](CC(=O)Cc2c(C)c(-c3cnc4c(c3)ncn4CC(=O)N3CCN(C)CC3)nn2-c2ccccc2)[C@H](c2ccnc(F)c2)O1. The lowest BCUT2D eigenvalue weighted by Crippen LogP contribution is -2.48. The van der Waals surface area contributed by atoms with Crippen LogP contribution in [0.4, 0.5) is 4.39 Å². The van der Waals surface area contributed by atoms with Gasteiger partial charge in [0.25, 0.3) is 0 Å². The molecule has 0 radical (unpaired) electrons. The lowest BCUT2D eigenvalue weighted by molar-refractivity contribution is -0.155. The van der Waals surface area contributed by atoms with Gasteiger partial charge in [0.05, 0.1) is 30.0 Å². The molecule has 2 fully saturated rings. The molecule has 13 nitrogen and oxygen atoms in total. The summed E-state index contributed by atoms with van der Waals surface area (Å²) in [7, 11) is 3.68. The summed E-state index contributed by atoms with van der Waals surface area (Å²) in [6, 6.07) is 14.7. The molecule has 2 saturated heterocycles. The number of benzene rings is 1. The Morgan fingerprint density at radius 1 is 1.04 bits per heavy atom. The van der Waals surface area contributed by atoms with Crippen molar-refractivity contribution in [3.8, 4) is 16.9 Å². The number of para-hydroxylation sites is 1. The molecule has 2 aliphatic rings. The Morgan fingerprint density at radius 2 is 1.84 bits per heavy atom. The third-order valence-electron chi connectivity index (χ3n) is 9.74. The Kier molecular flexibility index (Phi) is 10.3. The first-order chi connectivity index (χ1) is 24.8. The van der Waals surface area contributed by atoms with Crippen LogP contribution in [0, 0.1) is 18.8 Å². The first-order valence-corrected chi connectivity index (χ1v) is 17.2. The Hall–Kier alpha value is -4.89. The van der Waals surface area contributed by atoms with Crippen LogP contribution in [0.15, 0.2) is 67.3 Å². The van der Waals surface area contributed by atoms with E-state index in [0.29, 0.717) is 55.2 Å². The van der Waals surface area contributed by atoms with Gasteiger partial charge in [-0.25, -0.2) is 19.6 Å². The number of carbonyl (C=O) groups is 2. The molecule has 0 aliphatic carbocycles. The number of methoxy groups -OCH3 is 1. The summed E-state index contributed by atoms with van der Waals surface area (Å²) >= 11 is 0. The van der Waals surface area contributed by atoms with Crippen molar-refractivity contribution < 1.29 is 23.6 Å². The summed E-state index contributed by atoms with van der Waals surface area (Å²) in [6.07, 6.45) is 4.70. The van der Waals surface area contributed by atoms with Gasteiger partial charge in [-0.15, -0.1) is 0 Å². The number of hydrogen-bond acceptors (Lipinski definition) is 10. The molecule has 0 N–H and O–H groups in total. The van der Waals surface area contributed by atoms with Crippen LogP contribution >= 0.6 is 0 Å². The van der Waals surface area contributed by atoms with Crippen molar-refractivity contribution in [2.45, 2.75) is 32.4 Å². The molecular formula is C37H42FN9O4.